The zero-order valence-corrected chi connectivity index (χ0v) is 22.7. The minimum atomic E-state index is 0.0204. The molecule has 1 amide bonds. The first-order valence-electron chi connectivity index (χ1n) is 13.4. The number of benzene rings is 1. The van der Waals surface area contributed by atoms with Crippen LogP contribution in [-0.4, -0.2) is 38.9 Å². The van der Waals surface area contributed by atoms with E-state index in [0.717, 1.165) is 72.8 Å². The Morgan fingerprint density at radius 2 is 1.93 bits per heavy atom. The number of piperidine rings is 1. The molecule has 0 unspecified atom stereocenters. The number of aromatic nitrogens is 4. The van der Waals surface area contributed by atoms with E-state index in [0.29, 0.717) is 34.8 Å². The average molecular weight is 556 g/mol. The Labute approximate surface area is 237 Å². The van der Waals surface area contributed by atoms with Gasteiger partial charge in [0.25, 0.3) is 0 Å². The minimum Gasteiger partial charge on any atom is -0.396 e. The van der Waals surface area contributed by atoms with Crippen LogP contribution in [0.4, 0.5) is 40.3 Å². The van der Waals surface area contributed by atoms with Gasteiger partial charge in [0.2, 0.25) is 11.9 Å². The number of nitrogens with two attached hydrogens (primary N) is 1. The van der Waals surface area contributed by atoms with Gasteiger partial charge in [-0.3, -0.25) is 9.78 Å². The molecule has 1 aromatic carbocycles. The van der Waals surface area contributed by atoms with Gasteiger partial charge in [-0.05, 0) is 79.1 Å². The number of carbonyl (C=O) groups excluding carboxylic acids is 1. The van der Waals surface area contributed by atoms with Gasteiger partial charge in [-0.25, -0.2) is 9.97 Å². The normalized spacial score (nSPS) is 15.1. The Morgan fingerprint density at radius 3 is 2.77 bits per heavy atom. The summed E-state index contributed by atoms with van der Waals surface area (Å²) >= 11 is 6.38. The summed E-state index contributed by atoms with van der Waals surface area (Å²) in [6, 6.07) is 11.6. The van der Waals surface area contributed by atoms with E-state index in [9.17, 15) is 4.79 Å². The lowest BCUT2D eigenvalue weighted by molar-refractivity contribution is -0.117. The molecule has 1 saturated heterocycles. The number of hydrogen-bond acceptors (Lipinski definition) is 9. The molecule has 204 valence electrons. The summed E-state index contributed by atoms with van der Waals surface area (Å²) in [7, 11) is 0. The van der Waals surface area contributed by atoms with E-state index in [-0.39, 0.29) is 5.91 Å². The molecule has 6 bridgehead atoms. The quantitative estimate of drug-likeness (QED) is 0.263. The summed E-state index contributed by atoms with van der Waals surface area (Å²) in [6.07, 6.45) is 10.7. The highest BCUT2D eigenvalue weighted by atomic mass is 35.5. The zero-order chi connectivity index (χ0) is 27.5. The van der Waals surface area contributed by atoms with Crippen molar-refractivity contribution >= 4 is 57.8 Å². The van der Waals surface area contributed by atoms with E-state index in [2.05, 4.69) is 40.8 Å². The number of fused-ring (bicyclic) bond motifs is 6. The number of carbonyl (C=O) groups is 1. The number of pyridine rings is 2. The molecule has 5 N–H and O–H groups in total. The Kier molecular flexibility index (Phi) is 7.33. The smallest absolute Gasteiger partial charge is 0.229 e. The molecule has 4 aromatic rings. The topological polar surface area (TPSA) is 134 Å². The Hall–Kier alpha value is -4.44. The van der Waals surface area contributed by atoms with Crippen LogP contribution in [0.25, 0.3) is 0 Å². The third kappa shape index (κ3) is 5.91. The van der Waals surface area contributed by atoms with Gasteiger partial charge in [-0.1, -0.05) is 11.6 Å². The fourth-order valence-corrected chi connectivity index (χ4v) is 5.38. The summed E-state index contributed by atoms with van der Waals surface area (Å²) in [5.41, 5.74) is 11.3. The summed E-state index contributed by atoms with van der Waals surface area (Å²) in [5, 5.41) is 10.1. The van der Waals surface area contributed by atoms with Crippen molar-refractivity contribution in [3.05, 3.63) is 77.3 Å². The molecule has 0 spiro atoms. The van der Waals surface area contributed by atoms with Crippen LogP contribution >= 0.6 is 11.6 Å². The molecule has 0 aliphatic carbocycles. The monoisotopic (exact) mass is 555 g/mol. The highest BCUT2D eigenvalue weighted by Crippen LogP contribution is 2.31. The number of nitrogen functional groups attached to an aromatic ring is 1. The van der Waals surface area contributed by atoms with E-state index in [4.69, 9.17) is 17.3 Å². The Morgan fingerprint density at radius 1 is 1.05 bits per heavy atom. The molecule has 10 nitrogen and oxygen atoms in total. The van der Waals surface area contributed by atoms with Gasteiger partial charge in [0.1, 0.15) is 5.02 Å². The first kappa shape index (κ1) is 25.8. The standard InChI is InChI=1S/C29H30ClN9O/c30-23-17-34-29-36-22-12-19(15-32-16-22)3-4-20-14-21(35-27(23)38-29)5-6-25(20)37-26(40)13-18-7-10-39(11-8-18)28-24(31)2-1-9-33-28/h1-2,5-6,9,12,14-18H,3-4,7-8,10-11,13,31H2,(H,37,40)(H2,34,35,36,38). The maximum Gasteiger partial charge on any atom is 0.229 e. The van der Waals surface area contributed by atoms with Gasteiger partial charge in [-0.2, -0.15) is 4.98 Å². The van der Waals surface area contributed by atoms with E-state index < -0.39 is 0 Å². The molecule has 1 fully saturated rings. The molecular formula is C29H30ClN9O. The van der Waals surface area contributed by atoms with Gasteiger partial charge >= 0.3 is 0 Å². The lowest BCUT2D eigenvalue weighted by atomic mass is 9.93. The van der Waals surface area contributed by atoms with Crippen LogP contribution in [0.2, 0.25) is 5.02 Å². The molecule has 0 radical (unpaired) electrons. The molecule has 40 heavy (non-hydrogen) atoms. The third-order valence-corrected chi connectivity index (χ3v) is 7.60. The molecule has 0 saturated carbocycles. The van der Waals surface area contributed by atoms with Crippen LogP contribution in [-0.2, 0) is 17.6 Å². The van der Waals surface area contributed by atoms with Crippen LogP contribution < -0.4 is 26.6 Å². The van der Waals surface area contributed by atoms with E-state index in [1.807, 2.05) is 42.6 Å². The summed E-state index contributed by atoms with van der Waals surface area (Å²) in [4.78, 5) is 33.0. The molecule has 6 rings (SSSR count). The number of rotatable bonds is 4. The maximum absolute atomic E-state index is 13.2. The molecular weight excluding hydrogens is 526 g/mol. The molecule has 2 aliphatic heterocycles. The zero-order valence-electron chi connectivity index (χ0n) is 21.9. The number of amides is 1. The van der Waals surface area contributed by atoms with Gasteiger partial charge in [0.15, 0.2) is 11.6 Å². The van der Waals surface area contributed by atoms with E-state index >= 15 is 0 Å². The fraction of sp³-hybridized carbons (Fsp3) is 0.276. The van der Waals surface area contributed by atoms with E-state index in [1.165, 1.54) is 0 Å². The van der Waals surface area contributed by atoms with Crippen molar-refractivity contribution in [2.45, 2.75) is 32.1 Å². The van der Waals surface area contributed by atoms with Gasteiger partial charge in [0, 0.05) is 43.3 Å². The molecule has 0 atom stereocenters. The maximum atomic E-state index is 13.2. The summed E-state index contributed by atoms with van der Waals surface area (Å²) in [5.74, 6) is 2.07. The highest BCUT2D eigenvalue weighted by molar-refractivity contribution is 6.32. The van der Waals surface area contributed by atoms with Crippen LogP contribution in [0.5, 0.6) is 0 Å². The minimum absolute atomic E-state index is 0.0204. The summed E-state index contributed by atoms with van der Waals surface area (Å²) < 4.78 is 0. The number of anilines is 7. The number of halogens is 1. The van der Waals surface area contributed by atoms with Crippen LogP contribution in [0.1, 0.15) is 30.4 Å². The number of hydrogen-bond donors (Lipinski definition) is 4. The van der Waals surface area contributed by atoms with Crippen molar-refractivity contribution in [3.63, 3.8) is 0 Å². The second kappa shape index (κ2) is 11.4. The molecule has 11 heteroatoms. The van der Waals surface area contributed by atoms with Crippen molar-refractivity contribution in [3.8, 4) is 0 Å². The number of nitrogens with zero attached hydrogens (tertiary/aromatic N) is 5. The predicted molar refractivity (Wildman–Crippen MR) is 159 cm³/mol. The average Bonchev–Trinajstić information content (AvgIpc) is 2.96. The van der Waals surface area contributed by atoms with Gasteiger partial charge in [-0.15, -0.1) is 0 Å². The number of aryl methyl sites for hydroxylation is 2. The van der Waals surface area contributed by atoms with Crippen LogP contribution in [0.3, 0.4) is 0 Å². The lowest BCUT2D eigenvalue weighted by Gasteiger charge is -2.33. The lowest BCUT2D eigenvalue weighted by Crippen LogP contribution is -2.35. The molecule has 3 aromatic heterocycles. The summed E-state index contributed by atoms with van der Waals surface area (Å²) in [6.45, 7) is 1.67. The third-order valence-electron chi connectivity index (χ3n) is 7.33. The molecule has 2 aliphatic rings. The first-order valence-corrected chi connectivity index (χ1v) is 13.8. The Bertz CT molecular complexity index is 1540. The van der Waals surface area contributed by atoms with Gasteiger partial charge in [0.05, 0.1) is 23.8 Å². The van der Waals surface area contributed by atoms with Crippen molar-refractivity contribution in [2.75, 3.05) is 39.7 Å². The van der Waals surface area contributed by atoms with Crippen molar-refractivity contribution in [2.24, 2.45) is 5.92 Å². The predicted octanol–water partition coefficient (Wildman–Crippen LogP) is 5.33. The van der Waals surface area contributed by atoms with Gasteiger partial charge < -0.3 is 26.6 Å². The SMILES string of the molecule is Nc1cccnc1N1CCC(CC(=O)Nc2ccc3cc2CCc2cncc(c2)Nc2ncc(Cl)c(n2)N3)CC1. The first-order chi connectivity index (χ1) is 19.5. The number of nitrogens with one attached hydrogen (secondary N) is 3. The molecule has 5 heterocycles. The Balaban J connectivity index is 1.17. The van der Waals surface area contributed by atoms with Crippen LogP contribution in [0.15, 0.2) is 61.2 Å². The highest BCUT2D eigenvalue weighted by Gasteiger charge is 2.24. The van der Waals surface area contributed by atoms with Crippen molar-refractivity contribution in [1.29, 1.82) is 0 Å². The van der Waals surface area contributed by atoms with E-state index in [1.54, 1.807) is 18.6 Å². The van der Waals surface area contributed by atoms with Crippen molar-refractivity contribution < 1.29 is 4.79 Å². The second-order valence-corrected chi connectivity index (χ2v) is 10.6. The van der Waals surface area contributed by atoms with Crippen molar-refractivity contribution in [1.82, 2.24) is 19.9 Å². The largest absolute Gasteiger partial charge is 0.396 e. The second-order valence-electron chi connectivity index (χ2n) is 10.2. The fourth-order valence-electron chi connectivity index (χ4n) is 5.24. The van der Waals surface area contributed by atoms with Crippen LogP contribution in [0, 0.1) is 5.92 Å².